The Bertz CT molecular complexity index is 507. The van der Waals surface area contributed by atoms with Gasteiger partial charge in [0.05, 0.1) is 18.3 Å². The minimum absolute atomic E-state index is 0.196. The van der Waals surface area contributed by atoms with Gasteiger partial charge in [-0.2, -0.15) is 5.10 Å². The van der Waals surface area contributed by atoms with Crippen LogP contribution in [-0.2, 0) is 6.54 Å². The van der Waals surface area contributed by atoms with E-state index in [1.807, 2.05) is 6.07 Å². The van der Waals surface area contributed by atoms with Gasteiger partial charge in [-0.3, -0.25) is 4.68 Å². The van der Waals surface area contributed by atoms with Crippen LogP contribution in [0, 0.1) is 0 Å². The summed E-state index contributed by atoms with van der Waals surface area (Å²) in [5.41, 5.74) is 2.16. The largest absolute Gasteiger partial charge is 0.388 e. The van der Waals surface area contributed by atoms with Gasteiger partial charge < -0.3 is 5.11 Å². The molecule has 0 aliphatic carbocycles. The first-order valence-corrected chi connectivity index (χ1v) is 5.81. The van der Waals surface area contributed by atoms with Crippen LogP contribution in [0.3, 0.4) is 0 Å². The normalized spacial score (nSPS) is 13.5. The van der Waals surface area contributed by atoms with Gasteiger partial charge in [-0.05, 0) is 17.5 Å². The monoisotopic (exact) mass is 236 g/mol. The van der Waals surface area contributed by atoms with Gasteiger partial charge in [0, 0.05) is 5.39 Å². The van der Waals surface area contributed by atoms with Crippen molar-refractivity contribution in [2.24, 2.45) is 0 Å². The summed E-state index contributed by atoms with van der Waals surface area (Å²) >= 11 is 0. The molecule has 1 unspecified atom stereocenters. The molecule has 1 heterocycles. The third kappa shape index (κ3) is 2.47. The average Bonchev–Trinajstić information content (AvgIpc) is 2.71. The molecule has 0 radical (unpaired) electrons. The quantitative estimate of drug-likeness (QED) is 0.885. The first kappa shape index (κ1) is 12.0. The summed E-state index contributed by atoms with van der Waals surface area (Å²) in [7, 11) is 0. The van der Waals surface area contributed by atoms with E-state index < -0.39 is 12.8 Å². The summed E-state index contributed by atoms with van der Waals surface area (Å²) in [4.78, 5) is 0. The van der Waals surface area contributed by atoms with Crippen LogP contribution in [0.4, 0.5) is 4.39 Å². The lowest BCUT2D eigenvalue weighted by atomic mass is 10.0. The third-order valence-corrected chi connectivity index (χ3v) is 2.90. The van der Waals surface area contributed by atoms with Crippen molar-refractivity contribution >= 4 is 10.9 Å². The standard InChI is InChI=1S/C13H17FN2O/c1-9(2)10-3-4-11-7-15-16(13(11)5-10)8-12(17)6-14/h3-5,7,9,12,17H,6,8H2,1-2H3. The van der Waals surface area contributed by atoms with Crippen molar-refractivity contribution < 1.29 is 9.50 Å². The lowest BCUT2D eigenvalue weighted by Crippen LogP contribution is -2.18. The van der Waals surface area contributed by atoms with E-state index in [2.05, 4.69) is 31.1 Å². The summed E-state index contributed by atoms with van der Waals surface area (Å²) in [5.74, 6) is 0.439. The molecule has 2 aromatic rings. The Morgan fingerprint density at radius 3 is 2.82 bits per heavy atom. The van der Waals surface area contributed by atoms with Crippen LogP contribution in [0.5, 0.6) is 0 Å². The molecule has 0 saturated carbocycles. The van der Waals surface area contributed by atoms with Crippen LogP contribution in [0.2, 0.25) is 0 Å². The van der Waals surface area contributed by atoms with E-state index in [0.717, 1.165) is 10.9 Å². The predicted molar refractivity (Wildman–Crippen MR) is 65.8 cm³/mol. The number of fused-ring (bicyclic) bond motifs is 1. The second-order valence-electron chi connectivity index (χ2n) is 4.61. The highest BCUT2D eigenvalue weighted by molar-refractivity contribution is 5.79. The SMILES string of the molecule is CC(C)c1ccc2cnn(CC(O)CF)c2c1. The van der Waals surface area contributed by atoms with Gasteiger partial charge in [0.1, 0.15) is 12.8 Å². The smallest absolute Gasteiger partial charge is 0.117 e. The molecule has 2 rings (SSSR count). The minimum atomic E-state index is -0.985. The fraction of sp³-hybridized carbons (Fsp3) is 0.462. The lowest BCUT2D eigenvalue weighted by Gasteiger charge is -2.09. The van der Waals surface area contributed by atoms with E-state index >= 15 is 0 Å². The summed E-state index contributed by atoms with van der Waals surface area (Å²) in [6, 6.07) is 6.14. The number of aromatic nitrogens is 2. The predicted octanol–water partition coefficient (Wildman–Crippen LogP) is 2.49. The Labute approximate surface area is 99.9 Å². The fourth-order valence-electron chi connectivity index (χ4n) is 1.84. The van der Waals surface area contributed by atoms with E-state index in [1.54, 1.807) is 10.9 Å². The maximum Gasteiger partial charge on any atom is 0.117 e. The summed E-state index contributed by atoms with van der Waals surface area (Å²) < 4.78 is 14.0. The Morgan fingerprint density at radius 2 is 2.18 bits per heavy atom. The molecule has 1 aromatic carbocycles. The zero-order valence-electron chi connectivity index (χ0n) is 10.1. The number of alkyl halides is 1. The Hall–Kier alpha value is -1.42. The maximum absolute atomic E-state index is 12.3. The van der Waals surface area contributed by atoms with Crippen molar-refractivity contribution in [3.63, 3.8) is 0 Å². The summed E-state index contributed by atoms with van der Waals surface area (Å²) in [6.45, 7) is 3.70. The van der Waals surface area contributed by atoms with E-state index in [9.17, 15) is 9.50 Å². The van der Waals surface area contributed by atoms with Crippen LogP contribution in [0.25, 0.3) is 10.9 Å². The highest BCUT2D eigenvalue weighted by Gasteiger charge is 2.09. The van der Waals surface area contributed by atoms with Crippen LogP contribution in [0.1, 0.15) is 25.3 Å². The first-order chi connectivity index (χ1) is 8.11. The number of halogens is 1. The molecule has 0 bridgehead atoms. The fourth-order valence-corrected chi connectivity index (χ4v) is 1.84. The van der Waals surface area contributed by atoms with Gasteiger partial charge in [0.15, 0.2) is 0 Å². The highest BCUT2D eigenvalue weighted by atomic mass is 19.1. The van der Waals surface area contributed by atoms with Crippen molar-refractivity contribution in [2.45, 2.75) is 32.4 Å². The molecule has 0 aliphatic rings. The molecule has 0 fully saturated rings. The molecule has 0 spiro atoms. The van der Waals surface area contributed by atoms with Gasteiger partial charge >= 0.3 is 0 Å². The van der Waals surface area contributed by atoms with E-state index in [4.69, 9.17) is 0 Å². The van der Waals surface area contributed by atoms with Crippen molar-refractivity contribution in [1.82, 2.24) is 9.78 Å². The number of rotatable bonds is 4. The van der Waals surface area contributed by atoms with Gasteiger partial charge in [0.25, 0.3) is 0 Å². The molecule has 1 atom stereocenters. The molecule has 17 heavy (non-hydrogen) atoms. The second-order valence-corrected chi connectivity index (χ2v) is 4.61. The van der Waals surface area contributed by atoms with E-state index in [-0.39, 0.29) is 6.54 Å². The van der Waals surface area contributed by atoms with Crippen molar-refractivity contribution in [2.75, 3.05) is 6.67 Å². The van der Waals surface area contributed by atoms with E-state index in [1.165, 1.54) is 5.56 Å². The molecule has 92 valence electrons. The van der Waals surface area contributed by atoms with Crippen LogP contribution in [0.15, 0.2) is 24.4 Å². The minimum Gasteiger partial charge on any atom is -0.388 e. The molecule has 0 amide bonds. The second kappa shape index (κ2) is 4.84. The van der Waals surface area contributed by atoms with Crippen molar-refractivity contribution in [1.29, 1.82) is 0 Å². The van der Waals surface area contributed by atoms with Gasteiger partial charge in [-0.1, -0.05) is 26.0 Å². The summed E-state index contributed by atoms with van der Waals surface area (Å²) in [6.07, 6.45) is 0.755. The molecule has 1 aromatic heterocycles. The third-order valence-electron chi connectivity index (χ3n) is 2.90. The lowest BCUT2D eigenvalue weighted by molar-refractivity contribution is 0.119. The Morgan fingerprint density at radius 1 is 1.41 bits per heavy atom. The Kier molecular flexibility index (Phi) is 3.43. The highest BCUT2D eigenvalue weighted by Crippen LogP contribution is 2.21. The zero-order valence-corrected chi connectivity index (χ0v) is 10.1. The summed E-state index contributed by atoms with van der Waals surface area (Å²) in [5, 5.41) is 14.5. The number of nitrogens with zero attached hydrogens (tertiary/aromatic N) is 2. The maximum atomic E-state index is 12.3. The van der Waals surface area contributed by atoms with Crippen LogP contribution in [-0.4, -0.2) is 27.7 Å². The number of hydrogen-bond donors (Lipinski definition) is 1. The number of aliphatic hydroxyl groups is 1. The number of hydrogen-bond acceptors (Lipinski definition) is 2. The molecular weight excluding hydrogens is 219 g/mol. The molecule has 0 aliphatic heterocycles. The Balaban J connectivity index is 2.39. The van der Waals surface area contributed by atoms with Crippen LogP contribution < -0.4 is 0 Å². The molecular formula is C13H17FN2O. The molecule has 0 saturated heterocycles. The van der Waals surface area contributed by atoms with Crippen molar-refractivity contribution in [3.05, 3.63) is 30.0 Å². The topological polar surface area (TPSA) is 38.0 Å². The van der Waals surface area contributed by atoms with E-state index in [0.29, 0.717) is 5.92 Å². The first-order valence-electron chi connectivity index (χ1n) is 5.81. The van der Waals surface area contributed by atoms with Gasteiger partial charge in [-0.25, -0.2) is 4.39 Å². The molecule has 3 nitrogen and oxygen atoms in total. The average molecular weight is 236 g/mol. The van der Waals surface area contributed by atoms with Gasteiger partial charge in [-0.15, -0.1) is 0 Å². The van der Waals surface area contributed by atoms with Crippen molar-refractivity contribution in [3.8, 4) is 0 Å². The van der Waals surface area contributed by atoms with Gasteiger partial charge in [0.2, 0.25) is 0 Å². The zero-order chi connectivity index (χ0) is 12.4. The molecule has 1 N–H and O–H groups in total. The van der Waals surface area contributed by atoms with Crippen LogP contribution >= 0.6 is 0 Å². The number of aliphatic hydroxyl groups excluding tert-OH is 1. The number of benzene rings is 1. The molecule has 4 heteroatoms.